The lowest BCUT2D eigenvalue weighted by Crippen LogP contribution is -2.54. The van der Waals surface area contributed by atoms with Crippen LogP contribution < -0.4 is 19.9 Å². The molecule has 0 aliphatic carbocycles. The minimum atomic E-state index is -0.705. The summed E-state index contributed by atoms with van der Waals surface area (Å²) in [5.41, 5.74) is 1.32. The molecule has 156 valence electrons. The van der Waals surface area contributed by atoms with Gasteiger partial charge in [0.2, 0.25) is 0 Å². The van der Waals surface area contributed by atoms with E-state index in [1.807, 2.05) is 12.1 Å². The monoisotopic (exact) mass is 427 g/mol. The van der Waals surface area contributed by atoms with Gasteiger partial charge in [-0.1, -0.05) is 12.1 Å². The number of amides is 2. The molecule has 30 heavy (non-hydrogen) atoms. The Kier molecular flexibility index (Phi) is 6.47. The van der Waals surface area contributed by atoms with E-state index in [1.54, 1.807) is 12.1 Å². The van der Waals surface area contributed by atoms with E-state index >= 15 is 0 Å². The number of hydrogen-bond acceptors (Lipinski definition) is 5. The van der Waals surface area contributed by atoms with Gasteiger partial charge in [-0.2, -0.15) is 0 Å². The van der Waals surface area contributed by atoms with Crippen molar-refractivity contribution >= 4 is 46.6 Å². The number of anilines is 2. The van der Waals surface area contributed by atoms with E-state index < -0.39 is 17.6 Å². The molecule has 0 atom stereocenters. The molecule has 2 aromatic carbocycles. The summed E-state index contributed by atoms with van der Waals surface area (Å²) >= 11 is 5.11. The van der Waals surface area contributed by atoms with E-state index in [0.29, 0.717) is 11.3 Å². The smallest absolute Gasteiger partial charge is 0.270 e. The topological polar surface area (TPSA) is 61.9 Å². The molecule has 1 heterocycles. The number of carbonyl (C=O) groups is 2. The Balaban J connectivity index is 2.03. The number of methoxy groups -OCH3 is 1. The predicted octanol–water partition coefficient (Wildman–Crippen LogP) is 3.51. The number of carbonyl (C=O) groups excluding carboxylic acids is 2. The van der Waals surface area contributed by atoms with Crippen LogP contribution in [-0.2, 0) is 9.59 Å². The van der Waals surface area contributed by atoms with Crippen molar-refractivity contribution in [2.75, 3.05) is 30.0 Å². The maximum absolute atomic E-state index is 14.3. The van der Waals surface area contributed by atoms with Crippen molar-refractivity contribution < 1.29 is 18.7 Å². The highest BCUT2D eigenvalue weighted by Gasteiger charge is 2.35. The maximum Gasteiger partial charge on any atom is 0.270 e. The molecule has 1 aliphatic rings. The first-order chi connectivity index (χ1) is 14.4. The van der Waals surface area contributed by atoms with Crippen molar-refractivity contribution in [2.45, 2.75) is 13.8 Å². The second kappa shape index (κ2) is 9.04. The van der Waals surface area contributed by atoms with Gasteiger partial charge in [0.1, 0.15) is 17.1 Å². The van der Waals surface area contributed by atoms with Gasteiger partial charge in [-0.15, -0.1) is 0 Å². The number of para-hydroxylation sites is 1. The molecule has 1 N–H and O–H groups in total. The molecule has 3 rings (SSSR count). The molecule has 0 aromatic heterocycles. The Morgan fingerprint density at radius 1 is 1.17 bits per heavy atom. The third kappa shape index (κ3) is 4.04. The average molecular weight is 428 g/mol. The Morgan fingerprint density at radius 3 is 2.50 bits per heavy atom. The van der Waals surface area contributed by atoms with Crippen LogP contribution in [0.1, 0.15) is 19.4 Å². The highest BCUT2D eigenvalue weighted by Crippen LogP contribution is 2.30. The number of nitrogens with zero attached hydrogens (tertiary/aromatic N) is 2. The maximum atomic E-state index is 14.3. The number of ether oxygens (including phenoxy) is 1. The van der Waals surface area contributed by atoms with E-state index in [2.05, 4.69) is 24.1 Å². The number of thiocarbonyl (C=S) groups is 1. The normalized spacial score (nSPS) is 15.4. The largest absolute Gasteiger partial charge is 0.496 e. The molecule has 6 nitrogen and oxygen atoms in total. The van der Waals surface area contributed by atoms with Crippen LogP contribution in [-0.4, -0.2) is 37.1 Å². The van der Waals surface area contributed by atoms with Crippen LogP contribution in [0.15, 0.2) is 48.0 Å². The van der Waals surface area contributed by atoms with Crippen molar-refractivity contribution in [3.8, 4) is 5.75 Å². The lowest BCUT2D eigenvalue weighted by Gasteiger charge is -2.29. The van der Waals surface area contributed by atoms with Gasteiger partial charge < -0.3 is 9.64 Å². The van der Waals surface area contributed by atoms with Crippen molar-refractivity contribution in [3.05, 3.63) is 59.4 Å². The number of benzene rings is 2. The molecule has 0 saturated carbocycles. The summed E-state index contributed by atoms with van der Waals surface area (Å²) in [5.74, 6) is -1.46. The molecular weight excluding hydrogens is 405 g/mol. The summed E-state index contributed by atoms with van der Waals surface area (Å²) in [7, 11) is 1.52. The van der Waals surface area contributed by atoms with E-state index in [0.717, 1.165) is 23.7 Å². The van der Waals surface area contributed by atoms with Gasteiger partial charge in [0.25, 0.3) is 11.8 Å². The molecule has 1 saturated heterocycles. The lowest BCUT2D eigenvalue weighted by molar-refractivity contribution is -0.122. The first-order valence-electron chi connectivity index (χ1n) is 9.50. The Labute approximate surface area is 179 Å². The van der Waals surface area contributed by atoms with Gasteiger partial charge in [-0.3, -0.25) is 14.9 Å². The fourth-order valence-corrected chi connectivity index (χ4v) is 3.54. The van der Waals surface area contributed by atoms with Crippen molar-refractivity contribution in [1.29, 1.82) is 0 Å². The van der Waals surface area contributed by atoms with E-state index in [4.69, 9.17) is 17.0 Å². The minimum absolute atomic E-state index is 0.0257. The third-order valence-corrected chi connectivity index (χ3v) is 5.13. The Bertz CT molecular complexity index is 1030. The highest BCUT2D eigenvalue weighted by molar-refractivity contribution is 7.80. The molecule has 8 heteroatoms. The van der Waals surface area contributed by atoms with Gasteiger partial charge in [0.15, 0.2) is 5.11 Å². The van der Waals surface area contributed by atoms with Crippen molar-refractivity contribution in [1.82, 2.24) is 5.32 Å². The first kappa shape index (κ1) is 21.4. The quantitative estimate of drug-likeness (QED) is 0.434. The summed E-state index contributed by atoms with van der Waals surface area (Å²) in [6.45, 7) is 5.76. The van der Waals surface area contributed by atoms with Crippen LogP contribution in [0.4, 0.5) is 15.8 Å². The number of nitrogens with one attached hydrogen (secondary N) is 1. The lowest BCUT2D eigenvalue weighted by atomic mass is 10.1. The van der Waals surface area contributed by atoms with Crippen LogP contribution in [0.2, 0.25) is 0 Å². The second-order valence-corrected chi connectivity index (χ2v) is 6.89. The van der Waals surface area contributed by atoms with Crippen LogP contribution >= 0.6 is 12.2 Å². The van der Waals surface area contributed by atoms with Crippen molar-refractivity contribution in [2.24, 2.45) is 0 Å². The minimum Gasteiger partial charge on any atom is -0.496 e. The standard InChI is InChI=1S/C22H22FN3O3S/c1-4-25(5-2)15-11-10-14(19(13-15)29-3)12-16-20(27)24-22(30)26(21(16)28)18-9-7-6-8-17(18)23/h6-13H,4-5H2,1-3H3,(H,24,27,30)/b16-12+. The first-order valence-corrected chi connectivity index (χ1v) is 9.91. The SMILES string of the molecule is CCN(CC)c1ccc(/C=C2\C(=O)NC(=S)N(c3ccccc3F)C2=O)c(OC)c1. The van der Waals surface area contributed by atoms with Gasteiger partial charge in [0, 0.05) is 30.4 Å². The van der Waals surface area contributed by atoms with Crippen LogP contribution in [0.5, 0.6) is 5.75 Å². The summed E-state index contributed by atoms with van der Waals surface area (Å²) in [5, 5.41) is 2.28. The summed E-state index contributed by atoms with van der Waals surface area (Å²) < 4.78 is 19.7. The van der Waals surface area contributed by atoms with Gasteiger partial charge in [-0.25, -0.2) is 9.29 Å². The van der Waals surface area contributed by atoms with Gasteiger partial charge in [-0.05, 0) is 56.4 Å². The van der Waals surface area contributed by atoms with E-state index in [-0.39, 0.29) is 16.4 Å². The van der Waals surface area contributed by atoms with Gasteiger partial charge in [0.05, 0.1) is 12.8 Å². The molecule has 2 amide bonds. The van der Waals surface area contributed by atoms with Crippen LogP contribution in [0.25, 0.3) is 6.08 Å². The third-order valence-electron chi connectivity index (χ3n) is 4.84. The average Bonchev–Trinajstić information content (AvgIpc) is 2.73. The second-order valence-electron chi connectivity index (χ2n) is 6.51. The van der Waals surface area contributed by atoms with Gasteiger partial charge >= 0.3 is 0 Å². The summed E-state index contributed by atoms with van der Waals surface area (Å²) in [4.78, 5) is 28.7. The van der Waals surface area contributed by atoms with Crippen molar-refractivity contribution in [3.63, 3.8) is 0 Å². The fraction of sp³-hybridized carbons (Fsp3) is 0.227. The molecule has 0 unspecified atom stereocenters. The number of halogens is 1. The zero-order valence-corrected chi connectivity index (χ0v) is 17.8. The summed E-state index contributed by atoms with van der Waals surface area (Å²) in [6, 6.07) is 11.3. The molecule has 0 radical (unpaired) electrons. The Morgan fingerprint density at radius 2 is 1.87 bits per heavy atom. The molecule has 0 bridgehead atoms. The zero-order chi connectivity index (χ0) is 21.8. The van der Waals surface area contributed by atoms with E-state index in [1.165, 1.54) is 31.4 Å². The number of hydrogen-bond donors (Lipinski definition) is 1. The zero-order valence-electron chi connectivity index (χ0n) is 16.9. The van der Waals surface area contributed by atoms with E-state index in [9.17, 15) is 14.0 Å². The Hall–Kier alpha value is -3.26. The van der Waals surface area contributed by atoms with Crippen LogP contribution in [0, 0.1) is 5.82 Å². The summed E-state index contributed by atoms with van der Waals surface area (Å²) in [6.07, 6.45) is 1.43. The molecule has 1 aliphatic heterocycles. The molecule has 0 spiro atoms. The fourth-order valence-electron chi connectivity index (χ4n) is 3.27. The molecular formula is C22H22FN3O3S. The predicted molar refractivity (Wildman–Crippen MR) is 119 cm³/mol. The molecule has 2 aromatic rings. The molecule has 1 fully saturated rings. The van der Waals surface area contributed by atoms with Crippen LogP contribution in [0.3, 0.4) is 0 Å². The number of rotatable bonds is 6. The highest BCUT2D eigenvalue weighted by atomic mass is 32.1.